The van der Waals surface area contributed by atoms with E-state index in [1.54, 1.807) is 12.2 Å². The number of hydrogen-bond acceptors (Lipinski definition) is 4. The van der Waals surface area contributed by atoms with Gasteiger partial charge in [-0.25, -0.2) is 9.59 Å². The fraction of sp³-hybridized carbons (Fsp3) is 0.250. The Kier molecular flexibility index (Phi) is 2.82. The van der Waals surface area contributed by atoms with E-state index < -0.39 is 23.0 Å². The molecule has 22 heavy (non-hydrogen) atoms. The molecular formula is C16H14N2O4. The van der Waals surface area contributed by atoms with Crippen LogP contribution in [-0.2, 0) is 9.59 Å². The standard InChI is InChI=1S/C16H14N2O4/c1-15(13(19)20)7-5-9-3-4-10-6-8-16(2,14(21)22)18-12(10)11(9)17-15/h3-8H,1-2H3,(H,19,20)(H,21,22). The van der Waals surface area contributed by atoms with Gasteiger partial charge in [0.05, 0.1) is 10.7 Å². The third kappa shape index (κ3) is 1.95. The zero-order valence-electron chi connectivity index (χ0n) is 12.1. The monoisotopic (exact) mass is 298 g/mol. The van der Waals surface area contributed by atoms with Gasteiger partial charge in [0.25, 0.3) is 0 Å². The summed E-state index contributed by atoms with van der Waals surface area (Å²) in [5.41, 5.74) is -1.30. The summed E-state index contributed by atoms with van der Waals surface area (Å²) < 4.78 is 0. The highest BCUT2D eigenvalue weighted by molar-refractivity contribution is 5.85. The van der Waals surface area contributed by atoms with Gasteiger partial charge in [0.15, 0.2) is 11.1 Å². The van der Waals surface area contributed by atoms with Crippen molar-refractivity contribution in [3.05, 3.63) is 46.1 Å². The second-order valence-electron chi connectivity index (χ2n) is 5.74. The summed E-state index contributed by atoms with van der Waals surface area (Å²) in [6, 6.07) is 3.64. The molecule has 0 fully saturated rings. The molecular weight excluding hydrogens is 284 g/mol. The van der Waals surface area contributed by atoms with E-state index >= 15 is 0 Å². The van der Waals surface area contributed by atoms with Gasteiger partial charge in [0, 0.05) is 11.1 Å². The van der Waals surface area contributed by atoms with Crippen molar-refractivity contribution in [1.82, 2.24) is 0 Å². The molecule has 0 saturated heterocycles. The molecule has 6 heteroatoms. The van der Waals surface area contributed by atoms with Crippen molar-refractivity contribution in [2.75, 3.05) is 0 Å². The predicted molar refractivity (Wildman–Crippen MR) is 78.9 cm³/mol. The highest BCUT2D eigenvalue weighted by Gasteiger charge is 2.34. The molecule has 6 nitrogen and oxygen atoms in total. The lowest BCUT2D eigenvalue weighted by Crippen LogP contribution is -2.45. The highest BCUT2D eigenvalue weighted by Crippen LogP contribution is 2.20. The minimum Gasteiger partial charge on any atom is -0.479 e. The maximum absolute atomic E-state index is 11.4. The minimum atomic E-state index is -1.38. The average Bonchev–Trinajstić information content (AvgIpc) is 2.47. The minimum absolute atomic E-state index is 0.418. The Morgan fingerprint density at radius 1 is 0.864 bits per heavy atom. The summed E-state index contributed by atoms with van der Waals surface area (Å²) >= 11 is 0. The Balaban J connectivity index is 2.37. The van der Waals surface area contributed by atoms with E-state index in [4.69, 9.17) is 0 Å². The van der Waals surface area contributed by atoms with Gasteiger partial charge in [0.2, 0.25) is 0 Å². The normalized spacial score (nSPS) is 28.1. The SMILES string of the molecule is CC1(C(=O)O)C=Cc2ccc3c(c2=N1)=NC(C)(C(=O)O)C=C3. The summed E-state index contributed by atoms with van der Waals surface area (Å²) in [4.78, 5) is 31.4. The maximum Gasteiger partial charge on any atom is 0.335 e. The van der Waals surface area contributed by atoms with E-state index in [9.17, 15) is 19.8 Å². The van der Waals surface area contributed by atoms with Crippen LogP contribution in [0.5, 0.6) is 0 Å². The van der Waals surface area contributed by atoms with Crippen LogP contribution in [0.4, 0.5) is 0 Å². The van der Waals surface area contributed by atoms with E-state index in [0.717, 1.165) is 11.1 Å². The Morgan fingerprint density at radius 3 is 1.55 bits per heavy atom. The maximum atomic E-state index is 11.4. The molecule has 0 radical (unpaired) electrons. The number of fused-ring (bicyclic) bond motifs is 3. The van der Waals surface area contributed by atoms with Crippen molar-refractivity contribution >= 4 is 24.1 Å². The van der Waals surface area contributed by atoms with Gasteiger partial charge >= 0.3 is 11.9 Å². The first-order valence-electron chi connectivity index (χ1n) is 6.73. The largest absolute Gasteiger partial charge is 0.479 e. The van der Waals surface area contributed by atoms with Crippen LogP contribution >= 0.6 is 0 Å². The summed E-state index contributed by atoms with van der Waals surface area (Å²) in [5.74, 6) is -2.14. The van der Waals surface area contributed by atoms with Gasteiger partial charge in [-0.1, -0.05) is 24.3 Å². The Labute approximate surface area is 125 Å². The van der Waals surface area contributed by atoms with Crippen molar-refractivity contribution in [2.45, 2.75) is 24.9 Å². The molecule has 0 amide bonds. The number of rotatable bonds is 2. The Hall–Kier alpha value is -2.76. The van der Waals surface area contributed by atoms with E-state index in [0.29, 0.717) is 10.7 Å². The number of carboxylic acids is 2. The first kappa shape index (κ1) is 14.2. The van der Waals surface area contributed by atoms with Crippen molar-refractivity contribution in [2.24, 2.45) is 9.98 Å². The van der Waals surface area contributed by atoms with Gasteiger partial charge < -0.3 is 10.2 Å². The molecule has 0 bridgehead atoms. The first-order chi connectivity index (χ1) is 10.3. The summed E-state index contributed by atoms with van der Waals surface area (Å²) in [7, 11) is 0. The second kappa shape index (κ2) is 4.37. The van der Waals surface area contributed by atoms with Gasteiger partial charge in [0.1, 0.15) is 0 Å². The third-order valence-electron chi connectivity index (χ3n) is 3.94. The molecule has 3 rings (SSSR count). The average molecular weight is 298 g/mol. The molecule has 0 spiro atoms. The molecule has 2 heterocycles. The van der Waals surface area contributed by atoms with Crippen molar-refractivity contribution in [3.63, 3.8) is 0 Å². The molecule has 0 saturated carbocycles. The topological polar surface area (TPSA) is 99.3 Å². The fourth-order valence-electron chi connectivity index (χ4n) is 2.40. The Bertz CT molecular complexity index is 811. The molecule has 0 aliphatic carbocycles. The molecule has 2 aliphatic heterocycles. The van der Waals surface area contributed by atoms with Crippen LogP contribution in [0.25, 0.3) is 12.2 Å². The zero-order chi connectivity index (χ0) is 16.1. The molecule has 1 aromatic carbocycles. The van der Waals surface area contributed by atoms with Gasteiger partial charge in [-0.05, 0) is 26.0 Å². The smallest absolute Gasteiger partial charge is 0.335 e. The van der Waals surface area contributed by atoms with Gasteiger partial charge in [-0.3, -0.25) is 9.98 Å². The number of carbonyl (C=O) groups is 2. The Morgan fingerprint density at radius 2 is 1.23 bits per heavy atom. The molecule has 2 N–H and O–H groups in total. The van der Waals surface area contributed by atoms with E-state index in [-0.39, 0.29) is 0 Å². The van der Waals surface area contributed by atoms with Crippen LogP contribution in [0.2, 0.25) is 0 Å². The number of benzene rings is 1. The summed E-state index contributed by atoms with van der Waals surface area (Å²) in [6.07, 6.45) is 6.39. The second-order valence-corrected chi connectivity index (χ2v) is 5.74. The number of nitrogens with zero attached hydrogens (tertiary/aromatic N) is 2. The lowest BCUT2D eigenvalue weighted by molar-refractivity contribution is -0.141. The number of hydrogen-bond donors (Lipinski definition) is 2. The molecule has 1 aromatic rings. The quantitative estimate of drug-likeness (QED) is 0.838. The number of aliphatic carboxylic acids is 2. The highest BCUT2D eigenvalue weighted by atomic mass is 16.4. The van der Waals surface area contributed by atoms with Gasteiger partial charge in [-0.15, -0.1) is 0 Å². The van der Waals surface area contributed by atoms with E-state index in [1.165, 1.54) is 26.0 Å². The molecule has 2 atom stereocenters. The van der Waals surface area contributed by atoms with Crippen LogP contribution in [0.3, 0.4) is 0 Å². The predicted octanol–water partition coefficient (Wildman–Crippen LogP) is 0.666. The summed E-state index contributed by atoms with van der Waals surface area (Å²) in [6.45, 7) is 2.98. The van der Waals surface area contributed by atoms with Crippen LogP contribution in [0.1, 0.15) is 25.0 Å². The van der Waals surface area contributed by atoms with Crippen molar-refractivity contribution in [3.8, 4) is 0 Å². The van der Waals surface area contributed by atoms with Crippen LogP contribution in [0.15, 0.2) is 34.3 Å². The lowest BCUT2D eigenvalue weighted by Gasteiger charge is -2.22. The molecule has 2 unspecified atom stereocenters. The number of carboxylic acid groups (broad SMARTS) is 2. The van der Waals surface area contributed by atoms with Crippen LogP contribution in [0, 0.1) is 0 Å². The zero-order valence-corrected chi connectivity index (χ0v) is 12.1. The van der Waals surface area contributed by atoms with Crippen LogP contribution < -0.4 is 10.7 Å². The molecule has 2 aliphatic rings. The van der Waals surface area contributed by atoms with Crippen molar-refractivity contribution in [1.29, 1.82) is 0 Å². The summed E-state index contributed by atoms with van der Waals surface area (Å²) in [5, 5.41) is 19.5. The third-order valence-corrected chi connectivity index (χ3v) is 3.94. The fourth-order valence-corrected chi connectivity index (χ4v) is 2.40. The lowest BCUT2D eigenvalue weighted by atomic mass is 9.94. The first-order valence-corrected chi connectivity index (χ1v) is 6.73. The van der Waals surface area contributed by atoms with E-state index in [2.05, 4.69) is 9.98 Å². The molecule has 0 aromatic heterocycles. The van der Waals surface area contributed by atoms with E-state index in [1.807, 2.05) is 12.1 Å². The molecule has 112 valence electrons. The van der Waals surface area contributed by atoms with Crippen LogP contribution in [-0.4, -0.2) is 33.2 Å². The van der Waals surface area contributed by atoms with Gasteiger partial charge in [-0.2, -0.15) is 0 Å². The van der Waals surface area contributed by atoms with Crippen molar-refractivity contribution < 1.29 is 19.8 Å².